The minimum atomic E-state index is -4.43. The summed E-state index contributed by atoms with van der Waals surface area (Å²) in [6.07, 6.45) is -4.43. The third-order valence-electron chi connectivity index (χ3n) is 3.55. The first kappa shape index (κ1) is 19.9. The van der Waals surface area contributed by atoms with E-state index in [2.05, 4.69) is 5.32 Å². The summed E-state index contributed by atoms with van der Waals surface area (Å²) >= 11 is 0. The molecule has 0 saturated carbocycles. The van der Waals surface area contributed by atoms with Gasteiger partial charge in [-0.3, -0.25) is 4.79 Å². The zero-order valence-corrected chi connectivity index (χ0v) is 13.8. The Balaban J connectivity index is 2.12. The molecule has 0 atom stereocenters. The Hall–Kier alpha value is -2.45. The molecule has 0 fully saturated rings. The van der Waals surface area contributed by atoms with Crippen molar-refractivity contribution in [1.82, 2.24) is 5.32 Å². The summed E-state index contributed by atoms with van der Waals surface area (Å²) in [4.78, 5) is 12.1. The van der Waals surface area contributed by atoms with Gasteiger partial charge in [-0.05, 0) is 35.4 Å². The van der Waals surface area contributed by atoms with Gasteiger partial charge in [0.15, 0.2) is 0 Å². The van der Waals surface area contributed by atoms with Crippen molar-refractivity contribution in [3.63, 3.8) is 0 Å². The van der Waals surface area contributed by atoms with Gasteiger partial charge >= 0.3 is 6.18 Å². The molecule has 0 aliphatic carbocycles. The lowest BCUT2D eigenvalue weighted by Crippen LogP contribution is -2.28. The van der Waals surface area contributed by atoms with Gasteiger partial charge in [-0.2, -0.15) is 13.2 Å². The number of carbonyl (C=O) groups excluding carboxylic acids is 1. The van der Waals surface area contributed by atoms with Crippen LogP contribution in [0.3, 0.4) is 0 Å². The van der Waals surface area contributed by atoms with E-state index in [1.165, 1.54) is 24.3 Å². The summed E-state index contributed by atoms with van der Waals surface area (Å²) in [6, 6.07) is 8.23. The van der Waals surface area contributed by atoms with Crippen molar-refractivity contribution in [1.29, 1.82) is 0 Å². The molecule has 0 unspecified atom stereocenters. The molecule has 4 nitrogen and oxygen atoms in total. The number of halogens is 4. The molecule has 2 aromatic carbocycles. The van der Waals surface area contributed by atoms with Crippen LogP contribution in [0.25, 0.3) is 11.1 Å². The van der Waals surface area contributed by atoms with Gasteiger partial charge < -0.3 is 15.8 Å². The van der Waals surface area contributed by atoms with E-state index in [0.717, 1.165) is 18.2 Å². The van der Waals surface area contributed by atoms with E-state index in [0.29, 0.717) is 24.3 Å². The monoisotopic (exact) mass is 370 g/mol. The minimum Gasteiger partial charge on any atom is -0.378 e. The van der Waals surface area contributed by atoms with E-state index in [4.69, 9.17) is 10.5 Å². The number of hydrogen-bond acceptors (Lipinski definition) is 3. The van der Waals surface area contributed by atoms with Crippen molar-refractivity contribution in [2.24, 2.45) is 5.73 Å². The molecule has 0 heterocycles. The number of hydrogen-bond donors (Lipinski definition) is 2. The van der Waals surface area contributed by atoms with Gasteiger partial charge in [0.1, 0.15) is 5.82 Å². The van der Waals surface area contributed by atoms with E-state index < -0.39 is 23.5 Å². The van der Waals surface area contributed by atoms with Crippen molar-refractivity contribution in [2.75, 3.05) is 26.3 Å². The Bertz CT molecular complexity index is 746. The number of rotatable bonds is 7. The minimum absolute atomic E-state index is 0.183. The molecule has 0 bridgehead atoms. The van der Waals surface area contributed by atoms with Crippen LogP contribution in [0.2, 0.25) is 0 Å². The van der Waals surface area contributed by atoms with Crippen LogP contribution in [0.5, 0.6) is 0 Å². The molecular weight excluding hydrogens is 352 g/mol. The highest BCUT2D eigenvalue weighted by atomic mass is 19.4. The van der Waals surface area contributed by atoms with Gasteiger partial charge in [0.2, 0.25) is 0 Å². The largest absolute Gasteiger partial charge is 0.416 e. The molecule has 140 valence electrons. The van der Waals surface area contributed by atoms with E-state index in [1.54, 1.807) is 0 Å². The van der Waals surface area contributed by atoms with Crippen LogP contribution in [0.1, 0.15) is 15.9 Å². The normalized spacial score (nSPS) is 11.4. The Labute approximate surface area is 148 Å². The van der Waals surface area contributed by atoms with E-state index in [9.17, 15) is 22.4 Å². The zero-order valence-electron chi connectivity index (χ0n) is 13.8. The number of nitrogens with two attached hydrogens (primary N) is 1. The lowest BCUT2D eigenvalue weighted by Gasteiger charge is -2.10. The Morgan fingerprint density at radius 2 is 1.69 bits per heavy atom. The van der Waals surface area contributed by atoms with E-state index in [-0.39, 0.29) is 18.7 Å². The van der Waals surface area contributed by atoms with Gasteiger partial charge in [-0.15, -0.1) is 0 Å². The van der Waals surface area contributed by atoms with Crippen LogP contribution in [0.15, 0.2) is 42.5 Å². The van der Waals surface area contributed by atoms with Crippen LogP contribution in [0.4, 0.5) is 17.6 Å². The first-order valence-corrected chi connectivity index (χ1v) is 7.86. The predicted molar refractivity (Wildman–Crippen MR) is 89.0 cm³/mol. The van der Waals surface area contributed by atoms with Crippen LogP contribution in [0, 0.1) is 5.82 Å². The Kier molecular flexibility index (Phi) is 6.70. The predicted octanol–water partition coefficient (Wildman–Crippen LogP) is 3.22. The number of nitrogens with one attached hydrogen (secondary N) is 1. The maximum Gasteiger partial charge on any atom is 0.416 e. The molecule has 1 amide bonds. The smallest absolute Gasteiger partial charge is 0.378 e. The van der Waals surface area contributed by atoms with Gasteiger partial charge in [0, 0.05) is 13.1 Å². The molecule has 26 heavy (non-hydrogen) atoms. The van der Waals surface area contributed by atoms with Gasteiger partial charge in [-0.25, -0.2) is 4.39 Å². The molecule has 0 aromatic heterocycles. The first-order chi connectivity index (χ1) is 12.3. The highest BCUT2D eigenvalue weighted by Crippen LogP contribution is 2.31. The quantitative estimate of drug-likeness (QED) is 0.581. The summed E-state index contributed by atoms with van der Waals surface area (Å²) in [5, 5.41) is 2.51. The van der Waals surface area contributed by atoms with E-state index in [1.807, 2.05) is 0 Å². The lowest BCUT2D eigenvalue weighted by molar-refractivity contribution is -0.137. The maximum atomic E-state index is 13.9. The summed E-state index contributed by atoms with van der Waals surface area (Å²) in [7, 11) is 0. The van der Waals surface area contributed by atoms with Gasteiger partial charge in [0.05, 0.1) is 24.3 Å². The Morgan fingerprint density at radius 3 is 2.31 bits per heavy atom. The fraction of sp³-hybridized carbons (Fsp3) is 0.278. The Morgan fingerprint density at radius 1 is 1.04 bits per heavy atom. The number of benzene rings is 2. The van der Waals surface area contributed by atoms with Crippen molar-refractivity contribution >= 4 is 5.91 Å². The van der Waals surface area contributed by atoms with Crippen LogP contribution in [-0.2, 0) is 10.9 Å². The third-order valence-corrected chi connectivity index (χ3v) is 3.55. The average Bonchev–Trinajstić information content (AvgIpc) is 2.61. The zero-order chi connectivity index (χ0) is 19.2. The summed E-state index contributed by atoms with van der Waals surface area (Å²) < 4.78 is 56.9. The second-order valence-electron chi connectivity index (χ2n) is 5.43. The molecule has 2 rings (SSSR count). The third kappa shape index (κ3) is 5.27. The number of alkyl halides is 3. The molecule has 0 spiro atoms. The lowest BCUT2D eigenvalue weighted by atomic mass is 10.0. The van der Waals surface area contributed by atoms with Crippen LogP contribution < -0.4 is 11.1 Å². The van der Waals surface area contributed by atoms with Crippen molar-refractivity contribution in [3.8, 4) is 11.1 Å². The van der Waals surface area contributed by atoms with Crippen LogP contribution >= 0.6 is 0 Å². The topological polar surface area (TPSA) is 64.3 Å². The maximum absolute atomic E-state index is 13.9. The van der Waals surface area contributed by atoms with E-state index >= 15 is 0 Å². The fourth-order valence-corrected chi connectivity index (χ4v) is 2.25. The second kappa shape index (κ2) is 8.77. The summed E-state index contributed by atoms with van der Waals surface area (Å²) in [5.41, 5.74) is 5.17. The number of ether oxygens (including phenoxy) is 1. The van der Waals surface area contributed by atoms with Crippen molar-refractivity contribution < 1.29 is 27.1 Å². The second-order valence-corrected chi connectivity index (χ2v) is 5.43. The standard InChI is InChI=1S/C18H18F4N2O2/c19-16-6-3-13(12-1-4-14(5-2-12)18(20,21)22)11-15(16)17(25)24-8-10-26-9-7-23/h1-6,11H,7-10,23H2,(H,24,25). The fourth-order valence-electron chi connectivity index (χ4n) is 2.25. The molecule has 0 aliphatic heterocycles. The average molecular weight is 370 g/mol. The summed E-state index contributed by atoms with van der Waals surface area (Å²) in [6.45, 7) is 1.14. The number of amides is 1. The highest BCUT2D eigenvalue weighted by Gasteiger charge is 2.30. The molecule has 0 radical (unpaired) electrons. The molecule has 0 saturated heterocycles. The van der Waals surface area contributed by atoms with Gasteiger partial charge in [-0.1, -0.05) is 18.2 Å². The number of carbonyl (C=O) groups is 1. The molecule has 3 N–H and O–H groups in total. The molecular formula is C18H18F4N2O2. The van der Waals surface area contributed by atoms with Crippen molar-refractivity contribution in [3.05, 3.63) is 59.4 Å². The van der Waals surface area contributed by atoms with Gasteiger partial charge in [0.25, 0.3) is 5.91 Å². The SMILES string of the molecule is NCCOCCNC(=O)c1cc(-c2ccc(C(F)(F)F)cc2)ccc1F. The first-order valence-electron chi connectivity index (χ1n) is 7.86. The molecule has 0 aliphatic rings. The molecule has 8 heteroatoms. The highest BCUT2D eigenvalue weighted by molar-refractivity contribution is 5.95. The summed E-state index contributed by atoms with van der Waals surface area (Å²) in [5.74, 6) is -1.35. The molecule has 2 aromatic rings. The van der Waals surface area contributed by atoms with Crippen molar-refractivity contribution in [2.45, 2.75) is 6.18 Å². The van der Waals surface area contributed by atoms with Crippen LogP contribution in [-0.4, -0.2) is 32.2 Å².